The fourth-order valence-electron chi connectivity index (χ4n) is 6.37. The fourth-order valence-corrected chi connectivity index (χ4v) is 6.37. The predicted molar refractivity (Wildman–Crippen MR) is 97.5 cm³/mol. The third kappa shape index (κ3) is 2.99. The van der Waals surface area contributed by atoms with E-state index in [0.717, 1.165) is 42.3 Å². The van der Waals surface area contributed by atoms with E-state index in [-0.39, 0.29) is 0 Å². The minimum absolute atomic E-state index is 0.567. The molecule has 2 aliphatic carbocycles. The summed E-state index contributed by atoms with van der Waals surface area (Å²) in [6, 6.07) is 0. The molecule has 23 heavy (non-hydrogen) atoms. The van der Waals surface area contributed by atoms with E-state index in [0.29, 0.717) is 5.41 Å². The molecule has 0 N–H and O–H groups in total. The number of nitrogens with zero attached hydrogens (tertiary/aromatic N) is 1. The molecule has 3 atom stereocenters. The molecule has 0 radical (unpaired) electrons. The number of rotatable bonds is 4. The summed E-state index contributed by atoms with van der Waals surface area (Å²) in [6.07, 6.45) is 7.25. The predicted octanol–water partition coefficient (Wildman–Crippen LogP) is 4.83. The lowest BCUT2D eigenvalue weighted by molar-refractivity contribution is -0.208. The monoisotopic (exact) mass is 321 g/mol. The van der Waals surface area contributed by atoms with Gasteiger partial charge in [-0.3, -0.25) is 0 Å². The molecule has 0 spiro atoms. The van der Waals surface area contributed by atoms with Crippen LogP contribution in [-0.2, 0) is 4.74 Å². The first kappa shape index (κ1) is 17.7. The Hall–Kier alpha value is -0.0800. The van der Waals surface area contributed by atoms with Gasteiger partial charge in [0, 0.05) is 19.7 Å². The number of hydrogen-bond donors (Lipinski definition) is 0. The average molecular weight is 322 g/mol. The summed E-state index contributed by atoms with van der Waals surface area (Å²) in [4.78, 5) is 2.63. The number of fused-ring (bicyclic) bond motifs is 4. The third-order valence-electron chi connectivity index (χ3n) is 7.96. The van der Waals surface area contributed by atoms with E-state index in [1.807, 2.05) is 0 Å². The van der Waals surface area contributed by atoms with Crippen molar-refractivity contribution in [3.8, 4) is 0 Å². The highest BCUT2D eigenvalue weighted by molar-refractivity contribution is 5.04. The smallest absolute Gasteiger partial charge is 0.0527 e. The molecular weight excluding hydrogens is 282 g/mol. The van der Waals surface area contributed by atoms with Gasteiger partial charge in [-0.05, 0) is 66.7 Å². The van der Waals surface area contributed by atoms with E-state index in [4.69, 9.17) is 4.74 Å². The van der Waals surface area contributed by atoms with Gasteiger partial charge >= 0.3 is 0 Å². The lowest BCUT2D eigenvalue weighted by atomic mass is 9.48. The second-order valence-corrected chi connectivity index (χ2v) is 9.34. The first-order valence-electron chi connectivity index (χ1n) is 10.3. The molecule has 2 heteroatoms. The maximum Gasteiger partial charge on any atom is 0.0527 e. The molecule has 4 aliphatic heterocycles. The van der Waals surface area contributed by atoms with Crippen molar-refractivity contribution in [2.75, 3.05) is 32.8 Å². The van der Waals surface area contributed by atoms with Crippen LogP contribution in [0.3, 0.4) is 0 Å². The molecule has 134 valence electrons. The van der Waals surface area contributed by atoms with Crippen LogP contribution in [0.25, 0.3) is 0 Å². The zero-order valence-corrected chi connectivity index (χ0v) is 16.2. The molecule has 2 nitrogen and oxygen atoms in total. The van der Waals surface area contributed by atoms with Crippen LogP contribution in [-0.4, -0.2) is 37.7 Å². The first-order valence-corrected chi connectivity index (χ1v) is 10.3. The van der Waals surface area contributed by atoms with Crippen molar-refractivity contribution in [2.45, 2.75) is 66.7 Å². The van der Waals surface area contributed by atoms with E-state index in [9.17, 15) is 0 Å². The quantitative estimate of drug-likeness (QED) is 0.735. The normalized spacial score (nSPS) is 44.9. The average Bonchev–Trinajstić information content (AvgIpc) is 2.55. The Morgan fingerprint density at radius 2 is 1.87 bits per heavy atom. The van der Waals surface area contributed by atoms with Gasteiger partial charge in [0.15, 0.2) is 0 Å². The van der Waals surface area contributed by atoms with Crippen molar-refractivity contribution >= 4 is 0 Å². The van der Waals surface area contributed by atoms with Crippen molar-refractivity contribution in [3.05, 3.63) is 0 Å². The summed E-state index contributed by atoms with van der Waals surface area (Å²) in [5.74, 6) is 3.72. The van der Waals surface area contributed by atoms with Crippen LogP contribution in [0, 0.1) is 34.5 Å². The SMILES string of the molecule is CCC1C2COCC1(C(C)C)C2.CCN1CC2CC(CC)(C2)C1. The summed E-state index contributed by atoms with van der Waals surface area (Å²) in [5, 5.41) is 0. The molecule has 0 amide bonds. The summed E-state index contributed by atoms with van der Waals surface area (Å²) in [7, 11) is 0. The minimum atomic E-state index is 0.567. The second-order valence-electron chi connectivity index (χ2n) is 9.34. The molecule has 4 heterocycles. The Kier molecular flexibility index (Phi) is 5.14. The second kappa shape index (κ2) is 6.67. The van der Waals surface area contributed by atoms with Gasteiger partial charge in [-0.2, -0.15) is 0 Å². The molecule has 4 saturated heterocycles. The van der Waals surface area contributed by atoms with E-state index in [2.05, 4.69) is 39.5 Å². The van der Waals surface area contributed by atoms with Crippen molar-refractivity contribution < 1.29 is 4.74 Å². The third-order valence-corrected chi connectivity index (χ3v) is 7.96. The molecule has 3 unspecified atom stereocenters. The summed E-state index contributed by atoms with van der Waals surface area (Å²) < 4.78 is 5.63. The Balaban J connectivity index is 0.000000136. The molecule has 6 fully saturated rings. The van der Waals surface area contributed by atoms with E-state index in [1.54, 1.807) is 0 Å². The van der Waals surface area contributed by atoms with Crippen molar-refractivity contribution in [2.24, 2.45) is 34.5 Å². The van der Waals surface area contributed by atoms with Gasteiger partial charge in [0.2, 0.25) is 0 Å². The van der Waals surface area contributed by atoms with Crippen LogP contribution in [0.5, 0.6) is 0 Å². The topological polar surface area (TPSA) is 12.5 Å². The number of hydrogen-bond acceptors (Lipinski definition) is 2. The zero-order chi connectivity index (χ0) is 16.7. The van der Waals surface area contributed by atoms with Gasteiger partial charge < -0.3 is 9.64 Å². The van der Waals surface area contributed by atoms with E-state index < -0.39 is 0 Å². The summed E-state index contributed by atoms with van der Waals surface area (Å²) >= 11 is 0. The van der Waals surface area contributed by atoms with Crippen molar-refractivity contribution in [1.82, 2.24) is 4.90 Å². The van der Waals surface area contributed by atoms with Crippen LogP contribution >= 0.6 is 0 Å². The van der Waals surface area contributed by atoms with Gasteiger partial charge in [0.05, 0.1) is 6.61 Å². The van der Waals surface area contributed by atoms with Crippen LogP contribution in [0.4, 0.5) is 0 Å². The maximum absolute atomic E-state index is 5.63. The van der Waals surface area contributed by atoms with E-state index in [1.165, 1.54) is 51.7 Å². The molecule has 6 aliphatic rings. The van der Waals surface area contributed by atoms with Crippen molar-refractivity contribution in [1.29, 1.82) is 0 Å². The molecule has 2 saturated carbocycles. The summed E-state index contributed by atoms with van der Waals surface area (Å²) in [5.41, 5.74) is 1.33. The fraction of sp³-hybridized carbons (Fsp3) is 1.00. The van der Waals surface area contributed by atoms with Gasteiger partial charge in [0.1, 0.15) is 0 Å². The maximum atomic E-state index is 5.63. The van der Waals surface area contributed by atoms with Crippen LogP contribution < -0.4 is 0 Å². The van der Waals surface area contributed by atoms with E-state index >= 15 is 0 Å². The van der Waals surface area contributed by atoms with Crippen LogP contribution in [0.1, 0.15) is 66.7 Å². The van der Waals surface area contributed by atoms with Crippen molar-refractivity contribution in [3.63, 3.8) is 0 Å². The zero-order valence-electron chi connectivity index (χ0n) is 16.2. The lowest BCUT2D eigenvalue weighted by Crippen LogP contribution is -2.59. The number of ether oxygens (including phenoxy) is 1. The Bertz CT molecular complexity index is 394. The molecule has 0 aromatic rings. The number of piperidine rings is 2. The highest BCUT2D eigenvalue weighted by Gasteiger charge is 2.57. The Morgan fingerprint density at radius 3 is 2.35 bits per heavy atom. The van der Waals surface area contributed by atoms with Gasteiger partial charge in [-0.25, -0.2) is 0 Å². The first-order chi connectivity index (χ1) is 11.0. The summed E-state index contributed by atoms with van der Waals surface area (Å²) in [6.45, 7) is 17.8. The molecule has 6 rings (SSSR count). The highest BCUT2D eigenvalue weighted by atomic mass is 16.5. The van der Waals surface area contributed by atoms with Crippen LogP contribution in [0.15, 0.2) is 0 Å². The molecule has 0 aromatic heterocycles. The molecule has 4 bridgehead atoms. The van der Waals surface area contributed by atoms with Gasteiger partial charge in [-0.1, -0.05) is 41.0 Å². The highest BCUT2D eigenvalue weighted by Crippen LogP contribution is 2.59. The largest absolute Gasteiger partial charge is 0.381 e. The minimum Gasteiger partial charge on any atom is -0.381 e. The lowest BCUT2D eigenvalue weighted by Gasteiger charge is -2.61. The molecule has 0 aromatic carbocycles. The Morgan fingerprint density at radius 1 is 1.13 bits per heavy atom. The van der Waals surface area contributed by atoms with Gasteiger partial charge in [0.25, 0.3) is 0 Å². The Labute approximate surface area is 144 Å². The molecular formula is C21H39NO. The standard InChI is InChI=1S/C11H20O.C10H19N/c1-4-10-9-5-11(10,8(2)3)7-12-6-9;1-3-10-5-9(6-10)7-11(4-2)8-10/h8-10H,4-7H2,1-3H3;9H,3-8H2,1-2H3. The van der Waals surface area contributed by atoms with Crippen LogP contribution in [0.2, 0.25) is 0 Å². The van der Waals surface area contributed by atoms with Gasteiger partial charge in [-0.15, -0.1) is 0 Å².